The van der Waals surface area contributed by atoms with Crippen LogP contribution in [0.1, 0.15) is 39.9 Å². The molecular formula is C26H28N2O4. The van der Waals surface area contributed by atoms with E-state index in [-0.39, 0.29) is 17.7 Å². The van der Waals surface area contributed by atoms with Crippen molar-refractivity contribution in [2.45, 2.75) is 32.6 Å². The van der Waals surface area contributed by atoms with Gasteiger partial charge in [-0.3, -0.25) is 9.59 Å². The summed E-state index contributed by atoms with van der Waals surface area (Å²) in [6.45, 7) is 2.75. The summed E-state index contributed by atoms with van der Waals surface area (Å²) in [6, 6.07) is 19.9. The van der Waals surface area contributed by atoms with Crippen LogP contribution < -0.4 is 5.32 Å². The van der Waals surface area contributed by atoms with Gasteiger partial charge < -0.3 is 19.4 Å². The molecule has 0 saturated carbocycles. The largest absolute Gasteiger partial charge is 0.472 e. The van der Waals surface area contributed by atoms with E-state index in [4.69, 9.17) is 9.15 Å². The van der Waals surface area contributed by atoms with E-state index in [0.717, 1.165) is 16.7 Å². The molecule has 0 aliphatic carbocycles. The summed E-state index contributed by atoms with van der Waals surface area (Å²) in [7, 11) is 0. The lowest BCUT2D eigenvalue weighted by Gasteiger charge is -2.31. The van der Waals surface area contributed by atoms with Crippen LogP contribution in [-0.2, 0) is 29.3 Å². The minimum absolute atomic E-state index is 0.0380. The fourth-order valence-corrected chi connectivity index (χ4v) is 3.94. The Bertz CT molecular complexity index is 1010. The molecule has 3 aromatic rings. The highest BCUT2D eigenvalue weighted by atomic mass is 16.5. The van der Waals surface area contributed by atoms with Crippen LogP contribution in [0.4, 0.5) is 0 Å². The van der Waals surface area contributed by atoms with Crippen molar-refractivity contribution in [2.24, 2.45) is 5.92 Å². The first-order valence-corrected chi connectivity index (χ1v) is 11.0. The van der Waals surface area contributed by atoms with Crippen molar-refractivity contribution in [1.82, 2.24) is 10.2 Å². The SMILES string of the molecule is O=C(NCc1cccc(COCc2ccccc2)c1)C1CCN(C(=O)c2ccoc2)CC1. The predicted molar refractivity (Wildman–Crippen MR) is 121 cm³/mol. The van der Waals surface area contributed by atoms with Gasteiger partial charge in [0.05, 0.1) is 25.0 Å². The third-order valence-corrected chi connectivity index (χ3v) is 5.76. The molecule has 1 aliphatic rings. The summed E-state index contributed by atoms with van der Waals surface area (Å²) in [5.74, 6) is -0.0594. The van der Waals surface area contributed by atoms with Gasteiger partial charge in [0.25, 0.3) is 5.91 Å². The molecule has 1 aromatic heterocycles. The highest BCUT2D eigenvalue weighted by Gasteiger charge is 2.28. The maximum atomic E-state index is 12.6. The lowest BCUT2D eigenvalue weighted by atomic mass is 9.95. The minimum atomic E-state index is -0.0687. The molecule has 6 nitrogen and oxygen atoms in total. The smallest absolute Gasteiger partial charge is 0.257 e. The number of amides is 2. The van der Waals surface area contributed by atoms with Gasteiger partial charge in [0.1, 0.15) is 6.26 Å². The zero-order chi connectivity index (χ0) is 22.2. The van der Waals surface area contributed by atoms with Crippen LogP contribution in [0.3, 0.4) is 0 Å². The summed E-state index contributed by atoms with van der Waals surface area (Å²) < 4.78 is 10.8. The molecule has 2 heterocycles. The number of benzene rings is 2. The number of nitrogens with one attached hydrogen (secondary N) is 1. The summed E-state index contributed by atoms with van der Waals surface area (Å²) in [5, 5.41) is 3.05. The van der Waals surface area contributed by atoms with Crippen LogP contribution in [0.2, 0.25) is 0 Å². The first-order valence-electron chi connectivity index (χ1n) is 11.0. The van der Waals surface area contributed by atoms with Gasteiger partial charge in [-0.2, -0.15) is 0 Å². The summed E-state index contributed by atoms with van der Waals surface area (Å²) in [4.78, 5) is 26.8. The van der Waals surface area contributed by atoms with Crippen LogP contribution in [0.15, 0.2) is 77.6 Å². The van der Waals surface area contributed by atoms with Gasteiger partial charge in [-0.25, -0.2) is 0 Å². The molecule has 0 radical (unpaired) electrons. The van der Waals surface area contributed by atoms with Gasteiger partial charge >= 0.3 is 0 Å². The van der Waals surface area contributed by atoms with Crippen LogP contribution >= 0.6 is 0 Å². The molecular weight excluding hydrogens is 404 g/mol. The molecule has 2 aromatic carbocycles. The van der Waals surface area contributed by atoms with Gasteiger partial charge in [-0.15, -0.1) is 0 Å². The summed E-state index contributed by atoms with van der Waals surface area (Å²) in [5.41, 5.74) is 3.83. The highest BCUT2D eigenvalue weighted by Crippen LogP contribution is 2.20. The van der Waals surface area contributed by atoms with E-state index in [9.17, 15) is 9.59 Å². The standard InChI is InChI=1S/C26H28N2O4/c29-25(23-9-12-28(13-10-23)26(30)24-11-14-31-19-24)27-16-21-7-4-8-22(15-21)18-32-17-20-5-2-1-3-6-20/h1-8,11,14-15,19,23H,9-10,12-13,16-18H2,(H,27,29). The van der Waals surface area contributed by atoms with Crippen LogP contribution in [-0.4, -0.2) is 29.8 Å². The van der Waals surface area contributed by atoms with Gasteiger partial charge in [-0.1, -0.05) is 54.6 Å². The first kappa shape index (κ1) is 21.8. The quantitative estimate of drug-likeness (QED) is 0.580. The Morgan fingerprint density at radius 2 is 1.66 bits per heavy atom. The van der Waals surface area contributed by atoms with E-state index in [0.29, 0.717) is 51.3 Å². The molecule has 166 valence electrons. The van der Waals surface area contributed by atoms with E-state index in [1.165, 1.54) is 12.5 Å². The number of ether oxygens (including phenoxy) is 1. The molecule has 0 bridgehead atoms. The van der Waals surface area contributed by atoms with Gasteiger partial charge in [0.2, 0.25) is 5.91 Å². The molecule has 1 fully saturated rings. The topological polar surface area (TPSA) is 71.8 Å². The number of hydrogen-bond donors (Lipinski definition) is 1. The van der Waals surface area contributed by atoms with Crippen molar-refractivity contribution in [3.05, 3.63) is 95.4 Å². The Morgan fingerprint density at radius 3 is 2.41 bits per heavy atom. The second kappa shape index (κ2) is 10.8. The van der Waals surface area contributed by atoms with Gasteiger partial charge in [0.15, 0.2) is 0 Å². The van der Waals surface area contributed by atoms with Crippen molar-refractivity contribution in [2.75, 3.05) is 13.1 Å². The highest BCUT2D eigenvalue weighted by molar-refractivity contribution is 5.94. The third-order valence-electron chi connectivity index (χ3n) is 5.76. The number of nitrogens with zero attached hydrogens (tertiary/aromatic N) is 1. The molecule has 1 aliphatic heterocycles. The second-order valence-corrected chi connectivity index (χ2v) is 8.09. The zero-order valence-corrected chi connectivity index (χ0v) is 18.0. The van der Waals surface area contributed by atoms with Crippen LogP contribution in [0.25, 0.3) is 0 Å². The van der Waals surface area contributed by atoms with E-state index in [2.05, 4.69) is 11.4 Å². The maximum Gasteiger partial charge on any atom is 0.257 e. The van der Waals surface area contributed by atoms with E-state index >= 15 is 0 Å². The Labute approximate surface area is 188 Å². The lowest BCUT2D eigenvalue weighted by Crippen LogP contribution is -2.42. The molecule has 0 atom stereocenters. The van der Waals surface area contributed by atoms with Gasteiger partial charge in [-0.05, 0) is 35.6 Å². The number of carbonyl (C=O) groups is 2. The van der Waals surface area contributed by atoms with Crippen LogP contribution in [0.5, 0.6) is 0 Å². The molecule has 6 heteroatoms. The molecule has 2 amide bonds. The number of furan rings is 1. The molecule has 1 N–H and O–H groups in total. The first-order chi connectivity index (χ1) is 15.7. The average molecular weight is 433 g/mol. The number of piperidine rings is 1. The van der Waals surface area contributed by atoms with Crippen molar-refractivity contribution < 1.29 is 18.7 Å². The Balaban J connectivity index is 1.20. The lowest BCUT2D eigenvalue weighted by molar-refractivity contribution is -0.126. The van der Waals surface area contributed by atoms with Crippen LogP contribution in [0, 0.1) is 5.92 Å². The van der Waals surface area contributed by atoms with Gasteiger partial charge in [0, 0.05) is 25.6 Å². The Kier molecular flexibility index (Phi) is 7.35. The fraction of sp³-hybridized carbons (Fsp3) is 0.308. The number of rotatable bonds is 8. The minimum Gasteiger partial charge on any atom is -0.472 e. The Morgan fingerprint density at radius 1 is 0.938 bits per heavy atom. The zero-order valence-electron chi connectivity index (χ0n) is 18.0. The van der Waals surface area contributed by atoms with E-state index in [1.54, 1.807) is 11.0 Å². The van der Waals surface area contributed by atoms with Crippen molar-refractivity contribution in [3.63, 3.8) is 0 Å². The normalized spacial score (nSPS) is 14.3. The van der Waals surface area contributed by atoms with Crippen molar-refractivity contribution >= 4 is 11.8 Å². The fourth-order valence-electron chi connectivity index (χ4n) is 3.94. The number of hydrogen-bond acceptors (Lipinski definition) is 4. The number of carbonyl (C=O) groups excluding carboxylic acids is 2. The summed E-state index contributed by atoms with van der Waals surface area (Å²) in [6.07, 6.45) is 4.30. The number of likely N-dealkylation sites (tertiary alicyclic amines) is 1. The predicted octanol–water partition coefficient (Wildman–Crippen LogP) is 4.17. The van der Waals surface area contributed by atoms with Crippen molar-refractivity contribution in [3.8, 4) is 0 Å². The molecule has 0 unspecified atom stereocenters. The third kappa shape index (κ3) is 5.86. The molecule has 32 heavy (non-hydrogen) atoms. The molecule has 4 rings (SSSR count). The Hall–Kier alpha value is -3.38. The van der Waals surface area contributed by atoms with Crippen molar-refractivity contribution in [1.29, 1.82) is 0 Å². The maximum absolute atomic E-state index is 12.6. The van der Waals surface area contributed by atoms with E-state index in [1.807, 2.05) is 48.5 Å². The molecule has 1 saturated heterocycles. The molecule has 0 spiro atoms. The van der Waals surface area contributed by atoms with E-state index < -0.39 is 0 Å². The monoisotopic (exact) mass is 432 g/mol. The summed E-state index contributed by atoms with van der Waals surface area (Å²) >= 11 is 0. The average Bonchev–Trinajstić information content (AvgIpc) is 3.38. The second-order valence-electron chi connectivity index (χ2n) is 8.09.